The third-order valence-electron chi connectivity index (χ3n) is 3.76. The van der Waals surface area contributed by atoms with Gasteiger partial charge in [-0.1, -0.05) is 29.8 Å². The topological polar surface area (TPSA) is 21.3 Å². The Morgan fingerprint density at radius 1 is 1.26 bits per heavy atom. The molecule has 0 spiro atoms. The van der Waals surface area contributed by atoms with E-state index in [1.54, 1.807) is 0 Å². The van der Waals surface area contributed by atoms with Gasteiger partial charge in [-0.3, -0.25) is 0 Å². The number of benzene rings is 1. The fourth-order valence-electron chi connectivity index (χ4n) is 2.14. The molecule has 2 rings (SSSR count). The highest BCUT2D eigenvalue weighted by Crippen LogP contribution is 2.22. The van der Waals surface area contributed by atoms with Crippen LogP contribution in [0.3, 0.4) is 0 Å². The van der Waals surface area contributed by atoms with Crippen LogP contribution in [0.2, 0.25) is 0 Å². The zero-order valence-corrected chi connectivity index (χ0v) is 13.4. The van der Waals surface area contributed by atoms with Crippen molar-refractivity contribution in [2.24, 2.45) is 11.8 Å². The van der Waals surface area contributed by atoms with Crippen LogP contribution >= 0.6 is 15.9 Å². The summed E-state index contributed by atoms with van der Waals surface area (Å²) in [6, 6.07) is 8.86. The van der Waals surface area contributed by atoms with E-state index in [1.807, 2.05) is 24.3 Å². The Labute approximate surface area is 125 Å². The van der Waals surface area contributed by atoms with E-state index in [0.717, 1.165) is 35.8 Å². The molecule has 1 fully saturated rings. The summed E-state index contributed by atoms with van der Waals surface area (Å²) < 4.78 is 6.91. The summed E-state index contributed by atoms with van der Waals surface area (Å²) in [5, 5.41) is 3.63. The number of hydrogen-bond donors (Lipinski definition) is 1. The van der Waals surface area contributed by atoms with Gasteiger partial charge in [0.15, 0.2) is 0 Å². The third kappa shape index (κ3) is 5.53. The highest BCUT2D eigenvalue weighted by Gasteiger charge is 2.22. The summed E-state index contributed by atoms with van der Waals surface area (Å²) in [7, 11) is 0. The third-order valence-corrected chi connectivity index (χ3v) is 4.29. The molecule has 3 heteroatoms. The summed E-state index contributed by atoms with van der Waals surface area (Å²) in [4.78, 5) is 0. The first-order chi connectivity index (χ1) is 9.15. The molecule has 1 aromatic rings. The van der Waals surface area contributed by atoms with E-state index >= 15 is 0 Å². The zero-order valence-electron chi connectivity index (χ0n) is 11.9. The van der Waals surface area contributed by atoms with Gasteiger partial charge < -0.3 is 10.1 Å². The Bertz CT molecular complexity index is 373. The van der Waals surface area contributed by atoms with Gasteiger partial charge in [0.2, 0.25) is 0 Å². The Morgan fingerprint density at radius 3 is 2.53 bits per heavy atom. The average molecular weight is 326 g/mol. The van der Waals surface area contributed by atoms with Crippen LogP contribution in [0.4, 0.5) is 0 Å². The molecule has 0 radical (unpaired) electrons. The van der Waals surface area contributed by atoms with Gasteiger partial charge >= 0.3 is 0 Å². The predicted molar refractivity (Wildman–Crippen MR) is 83.6 cm³/mol. The van der Waals surface area contributed by atoms with Crippen LogP contribution in [0.15, 0.2) is 28.7 Å². The molecule has 1 saturated carbocycles. The number of nitrogens with one attached hydrogen (secondary N) is 1. The van der Waals surface area contributed by atoms with Gasteiger partial charge in [-0.25, -0.2) is 0 Å². The van der Waals surface area contributed by atoms with Crippen molar-refractivity contribution in [1.29, 1.82) is 0 Å². The van der Waals surface area contributed by atoms with Crippen molar-refractivity contribution in [2.45, 2.75) is 39.2 Å². The van der Waals surface area contributed by atoms with Crippen molar-refractivity contribution in [3.8, 4) is 5.75 Å². The quantitative estimate of drug-likeness (QED) is 0.771. The summed E-state index contributed by atoms with van der Waals surface area (Å²) in [6.07, 6.45) is 3.84. The van der Waals surface area contributed by atoms with E-state index in [-0.39, 0.29) is 0 Å². The maximum Gasteiger partial charge on any atom is 0.119 e. The van der Waals surface area contributed by atoms with Crippen LogP contribution in [0, 0.1) is 11.8 Å². The van der Waals surface area contributed by atoms with E-state index in [0.29, 0.717) is 11.8 Å². The second-order valence-electron chi connectivity index (χ2n) is 5.78. The number of hydrogen-bond acceptors (Lipinski definition) is 2. The SMILES string of the molecule is CC(C)C(CCOc1ccc(Br)cc1)CNC1CC1. The molecule has 0 saturated heterocycles. The standard InChI is InChI=1S/C16H24BrNO/c1-12(2)13(11-18-15-5-6-15)9-10-19-16-7-3-14(17)4-8-16/h3-4,7-8,12-13,15,18H,5-6,9-11H2,1-2H3. The molecular formula is C16H24BrNO. The largest absolute Gasteiger partial charge is 0.494 e. The number of rotatable bonds is 8. The molecule has 1 aromatic carbocycles. The molecule has 0 heterocycles. The van der Waals surface area contributed by atoms with Gasteiger partial charge in [-0.2, -0.15) is 0 Å². The molecule has 0 amide bonds. The Balaban J connectivity index is 1.70. The van der Waals surface area contributed by atoms with Crippen molar-refractivity contribution in [2.75, 3.05) is 13.2 Å². The minimum absolute atomic E-state index is 0.705. The molecule has 1 aliphatic rings. The van der Waals surface area contributed by atoms with Gasteiger partial charge in [0.05, 0.1) is 6.61 Å². The Kier molecular flexibility index (Phi) is 5.71. The lowest BCUT2D eigenvalue weighted by Gasteiger charge is -2.21. The van der Waals surface area contributed by atoms with E-state index in [9.17, 15) is 0 Å². The van der Waals surface area contributed by atoms with Crippen LogP contribution < -0.4 is 10.1 Å². The maximum atomic E-state index is 5.82. The lowest BCUT2D eigenvalue weighted by Crippen LogP contribution is -2.29. The molecular weight excluding hydrogens is 302 g/mol. The van der Waals surface area contributed by atoms with Crippen LogP contribution in [0.1, 0.15) is 33.1 Å². The van der Waals surface area contributed by atoms with Crippen LogP contribution in [-0.2, 0) is 0 Å². The van der Waals surface area contributed by atoms with E-state index in [1.165, 1.54) is 12.8 Å². The predicted octanol–water partition coefficient (Wildman–Crippen LogP) is 4.24. The van der Waals surface area contributed by atoms with Gasteiger partial charge in [0.25, 0.3) is 0 Å². The van der Waals surface area contributed by atoms with Crippen molar-refractivity contribution < 1.29 is 4.74 Å². The molecule has 1 N–H and O–H groups in total. The lowest BCUT2D eigenvalue weighted by molar-refractivity contribution is 0.243. The normalized spacial score (nSPS) is 16.6. The second kappa shape index (κ2) is 7.30. The molecule has 19 heavy (non-hydrogen) atoms. The summed E-state index contributed by atoms with van der Waals surface area (Å²) in [5.74, 6) is 2.37. The maximum absolute atomic E-state index is 5.82. The monoisotopic (exact) mass is 325 g/mol. The lowest BCUT2D eigenvalue weighted by atomic mass is 9.93. The van der Waals surface area contributed by atoms with Crippen molar-refractivity contribution in [3.05, 3.63) is 28.7 Å². The fourth-order valence-corrected chi connectivity index (χ4v) is 2.40. The molecule has 1 aliphatic carbocycles. The van der Waals surface area contributed by atoms with Gasteiger partial charge in [0.1, 0.15) is 5.75 Å². The first-order valence-electron chi connectivity index (χ1n) is 7.27. The minimum Gasteiger partial charge on any atom is -0.494 e. The first-order valence-corrected chi connectivity index (χ1v) is 8.06. The van der Waals surface area contributed by atoms with Crippen molar-refractivity contribution in [3.63, 3.8) is 0 Å². The van der Waals surface area contributed by atoms with Crippen molar-refractivity contribution in [1.82, 2.24) is 5.32 Å². The van der Waals surface area contributed by atoms with Gasteiger partial charge in [-0.05, 0) is 61.9 Å². The molecule has 106 valence electrons. The zero-order chi connectivity index (χ0) is 13.7. The average Bonchev–Trinajstić information content (AvgIpc) is 3.19. The molecule has 0 aromatic heterocycles. The highest BCUT2D eigenvalue weighted by molar-refractivity contribution is 9.10. The molecule has 2 nitrogen and oxygen atoms in total. The second-order valence-corrected chi connectivity index (χ2v) is 6.69. The summed E-state index contributed by atoms with van der Waals surface area (Å²) >= 11 is 3.43. The highest BCUT2D eigenvalue weighted by atomic mass is 79.9. The molecule has 1 unspecified atom stereocenters. The van der Waals surface area contributed by atoms with E-state index < -0.39 is 0 Å². The van der Waals surface area contributed by atoms with Crippen LogP contribution in [0.5, 0.6) is 5.75 Å². The smallest absolute Gasteiger partial charge is 0.119 e. The van der Waals surface area contributed by atoms with Gasteiger partial charge in [0, 0.05) is 10.5 Å². The number of ether oxygens (including phenoxy) is 1. The Morgan fingerprint density at radius 2 is 1.95 bits per heavy atom. The molecule has 0 aliphatic heterocycles. The van der Waals surface area contributed by atoms with E-state index in [4.69, 9.17) is 4.74 Å². The first kappa shape index (κ1) is 14.9. The van der Waals surface area contributed by atoms with Crippen LogP contribution in [-0.4, -0.2) is 19.2 Å². The Hall–Kier alpha value is -0.540. The minimum atomic E-state index is 0.705. The van der Waals surface area contributed by atoms with E-state index in [2.05, 4.69) is 35.1 Å². The van der Waals surface area contributed by atoms with Gasteiger partial charge in [-0.15, -0.1) is 0 Å². The number of halogens is 1. The van der Waals surface area contributed by atoms with Crippen LogP contribution in [0.25, 0.3) is 0 Å². The summed E-state index contributed by atoms with van der Waals surface area (Å²) in [6.45, 7) is 6.54. The summed E-state index contributed by atoms with van der Waals surface area (Å²) in [5.41, 5.74) is 0. The fraction of sp³-hybridized carbons (Fsp3) is 0.625. The molecule has 0 bridgehead atoms. The van der Waals surface area contributed by atoms with Crippen molar-refractivity contribution >= 4 is 15.9 Å². The molecule has 1 atom stereocenters.